The van der Waals surface area contributed by atoms with E-state index in [1.54, 1.807) is 6.20 Å². The van der Waals surface area contributed by atoms with E-state index in [1.807, 2.05) is 32.9 Å². The number of pyridine rings is 1. The summed E-state index contributed by atoms with van der Waals surface area (Å²) in [5, 5.41) is 11.9. The molecule has 1 rings (SSSR count). The van der Waals surface area contributed by atoms with Crippen molar-refractivity contribution in [1.29, 1.82) is 0 Å². The summed E-state index contributed by atoms with van der Waals surface area (Å²) in [6, 6.07) is 3.87. The van der Waals surface area contributed by atoms with Crippen LogP contribution in [0.15, 0.2) is 18.3 Å². The van der Waals surface area contributed by atoms with Crippen molar-refractivity contribution in [2.24, 2.45) is 0 Å². The SMILES string of the molecule is Cc1ccnc(NC(C)(C)CCC(=O)O)c1. The van der Waals surface area contributed by atoms with Gasteiger partial charge in [0.25, 0.3) is 0 Å². The minimum Gasteiger partial charge on any atom is -0.481 e. The van der Waals surface area contributed by atoms with Crippen molar-refractivity contribution in [2.45, 2.75) is 39.2 Å². The highest BCUT2D eigenvalue weighted by Gasteiger charge is 2.19. The first-order valence-corrected chi connectivity index (χ1v) is 5.32. The van der Waals surface area contributed by atoms with E-state index in [2.05, 4.69) is 10.3 Å². The van der Waals surface area contributed by atoms with E-state index < -0.39 is 5.97 Å². The first kappa shape index (κ1) is 12.5. The van der Waals surface area contributed by atoms with Gasteiger partial charge in [-0.1, -0.05) is 0 Å². The van der Waals surface area contributed by atoms with Gasteiger partial charge in [0.2, 0.25) is 0 Å². The van der Waals surface area contributed by atoms with E-state index in [9.17, 15) is 4.79 Å². The van der Waals surface area contributed by atoms with Crippen LogP contribution in [0.2, 0.25) is 0 Å². The molecule has 0 aliphatic rings. The van der Waals surface area contributed by atoms with Crippen molar-refractivity contribution in [1.82, 2.24) is 4.98 Å². The van der Waals surface area contributed by atoms with Crippen molar-refractivity contribution in [3.05, 3.63) is 23.9 Å². The molecule has 88 valence electrons. The smallest absolute Gasteiger partial charge is 0.303 e. The Kier molecular flexibility index (Phi) is 3.88. The number of aliphatic carboxylic acids is 1. The minimum atomic E-state index is -0.771. The van der Waals surface area contributed by atoms with Crippen LogP contribution in [0.5, 0.6) is 0 Å². The molecule has 0 fully saturated rings. The number of anilines is 1. The molecule has 1 aromatic heterocycles. The molecule has 16 heavy (non-hydrogen) atoms. The van der Waals surface area contributed by atoms with Crippen LogP contribution >= 0.6 is 0 Å². The normalized spacial score (nSPS) is 11.2. The minimum absolute atomic E-state index is 0.159. The quantitative estimate of drug-likeness (QED) is 0.803. The summed E-state index contributed by atoms with van der Waals surface area (Å²) in [6.45, 7) is 5.94. The maximum atomic E-state index is 10.5. The summed E-state index contributed by atoms with van der Waals surface area (Å²) in [4.78, 5) is 14.7. The zero-order chi connectivity index (χ0) is 12.2. The Labute approximate surface area is 95.7 Å². The highest BCUT2D eigenvalue weighted by Crippen LogP contribution is 2.18. The number of hydrogen-bond donors (Lipinski definition) is 2. The van der Waals surface area contributed by atoms with Gasteiger partial charge in [-0.25, -0.2) is 4.98 Å². The lowest BCUT2D eigenvalue weighted by Gasteiger charge is -2.26. The molecule has 0 atom stereocenters. The van der Waals surface area contributed by atoms with Gasteiger partial charge in [0.05, 0.1) is 0 Å². The van der Waals surface area contributed by atoms with Crippen LogP contribution in [0.3, 0.4) is 0 Å². The molecule has 0 saturated heterocycles. The fraction of sp³-hybridized carbons (Fsp3) is 0.500. The summed E-state index contributed by atoms with van der Waals surface area (Å²) in [5.41, 5.74) is 0.866. The highest BCUT2D eigenvalue weighted by atomic mass is 16.4. The van der Waals surface area contributed by atoms with Crippen LogP contribution in [-0.2, 0) is 4.79 Å². The molecule has 0 unspecified atom stereocenters. The molecule has 2 N–H and O–H groups in total. The number of nitrogens with zero attached hydrogens (tertiary/aromatic N) is 1. The van der Waals surface area contributed by atoms with Crippen molar-refractivity contribution in [3.63, 3.8) is 0 Å². The van der Waals surface area contributed by atoms with E-state index in [0.29, 0.717) is 6.42 Å². The molecule has 1 aromatic rings. The van der Waals surface area contributed by atoms with Crippen molar-refractivity contribution in [3.8, 4) is 0 Å². The number of aromatic nitrogens is 1. The van der Waals surface area contributed by atoms with E-state index in [-0.39, 0.29) is 12.0 Å². The molecule has 0 amide bonds. The standard InChI is InChI=1S/C12H18N2O2/c1-9-5-7-13-10(8-9)14-12(2,3)6-4-11(15)16/h5,7-8H,4,6H2,1-3H3,(H,13,14)(H,15,16). The van der Waals surface area contributed by atoms with Gasteiger partial charge in [0.1, 0.15) is 5.82 Å². The molecule has 0 aliphatic carbocycles. The van der Waals surface area contributed by atoms with Crippen LogP contribution < -0.4 is 5.32 Å². The Balaban J connectivity index is 2.61. The lowest BCUT2D eigenvalue weighted by atomic mass is 9.98. The number of hydrogen-bond acceptors (Lipinski definition) is 3. The van der Waals surface area contributed by atoms with E-state index in [0.717, 1.165) is 11.4 Å². The van der Waals surface area contributed by atoms with E-state index in [4.69, 9.17) is 5.11 Å². The topological polar surface area (TPSA) is 62.2 Å². The molecule has 4 nitrogen and oxygen atoms in total. The van der Waals surface area contributed by atoms with Gasteiger partial charge in [-0.3, -0.25) is 4.79 Å². The van der Waals surface area contributed by atoms with Crippen molar-refractivity contribution < 1.29 is 9.90 Å². The van der Waals surface area contributed by atoms with E-state index >= 15 is 0 Å². The van der Waals surface area contributed by atoms with Crippen LogP contribution in [0.1, 0.15) is 32.3 Å². The third kappa shape index (κ3) is 4.29. The van der Waals surface area contributed by atoms with Crippen molar-refractivity contribution in [2.75, 3.05) is 5.32 Å². The maximum Gasteiger partial charge on any atom is 0.303 e. The van der Waals surface area contributed by atoms with E-state index in [1.165, 1.54) is 0 Å². The summed E-state index contributed by atoms with van der Waals surface area (Å²) < 4.78 is 0. The predicted octanol–water partition coefficient (Wildman–Crippen LogP) is 2.45. The average Bonchev–Trinajstić information content (AvgIpc) is 2.14. The zero-order valence-corrected chi connectivity index (χ0v) is 9.95. The van der Waals surface area contributed by atoms with Gasteiger partial charge in [0, 0.05) is 18.2 Å². The highest BCUT2D eigenvalue weighted by molar-refractivity contribution is 5.66. The van der Waals surface area contributed by atoms with Gasteiger partial charge in [-0.2, -0.15) is 0 Å². The number of rotatable bonds is 5. The second-order valence-electron chi connectivity index (χ2n) is 4.62. The number of carboxylic acid groups (broad SMARTS) is 1. The summed E-state index contributed by atoms with van der Waals surface area (Å²) >= 11 is 0. The largest absolute Gasteiger partial charge is 0.481 e. The Morgan fingerprint density at radius 2 is 2.25 bits per heavy atom. The van der Waals surface area contributed by atoms with Crippen molar-refractivity contribution >= 4 is 11.8 Å². The fourth-order valence-electron chi connectivity index (χ4n) is 1.43. The zero-order valence-electron chi connectivity index (χ0n) is 9.95. The van der Waals surface area contributed by atoms with Gasteiger partial charge < -0.3 is 10.4 Å². The molecular formula is C12H18N2O2. The lowest BCUT2D eigenvalue weighted by molar-refractivity contribution is -0.137. The fourth-order valence-corrected chi connectivity index (χ4v) is 1.43. The van der Waals surface area contributed by atoms with Crippen LogP contribution in [0, 0.1) is 6.92 Å². The molecule has 0 aliphatic heterocycles. The number of nitrogens with one attached hydrogen (secondary N) is 1. The van der Waals surface area contributed by atoms with Crippen LogP contribution in [0.4, 0.5) is 5.82 Å². The molecule has 0 aromatic carbocycles. The van der Waals surface area contributed by atoms with Gasteiger partial charge in [-0.05, 0) is 44.9 Å². The molecule has 0 saturated carbocycles. The van der Waals surface area contributed by atoms with Crippen LogP contribution in [0.25, 0.3) is 0 Å². The number of aryl methyl sites for hydroxylation is 1. The average molecular weight is 222 g/mol. The Bertz CT molecular complexity index is 375. The molecule has 4 heteroatoms. The van der Waals surface area contributed by atoms with Gasteiger partial charge in [-0.15, -0.1) is 0 Å². The third-order valence-electron chi connectivity index (χ3n) is 2.35. The maximum absolute atomic E-state index is 10.5. The molecule has 0 bridgehead atoms. The predicted molar refractivity (Wildman–Crippen MR) is 63.5 cm³/mol. The van der Waals surface area contributed by atoms with Gasteiger partial charge >= 0.3 is 5.97 Å². The van der Waals surface area contributed by atoms with Gasteiger partial charge in [0.15, 0.2) is 0 Å². The Hall–Kier alpha value is -1.58. The molecular weight excluding hydrogens is 204 g/mol. The first-order chi connectivity index (χ1) is 7.39. The third-order valence-corrected chi connectivity index (χ3v) is 2.35. The first-order valence-electron chi connectivity index (χ1n) is 5.32. The summed E-state index contributed by atoms with van der Waals surface area (Å²) in [5.74, 6) is 0.0162. The summed E-state index contributed by atoms with van der Waals surface area (Å²) in [7, 11) is 0. The second kappa shape index (κ2) is 4.96. The molecule has 0 spiro atoms. The number of carbonyl (C=O) groups is 1. The Morgan fingerprint density at radius 1 is 1.56 bits per heavy atom. The number of carboxylic acids is 1. The summed E-state index contributed by atoms with van der Waals surface area (Å²) in [6.07, 6.45) is 2.47. The Morgan fingerprint density at radius 3 is 2.81 bits per heavy atom. The second-order valence-corrected chi connectivity index (χ2v) is 4.62. The van der Waals surface area contributed by atoms with Crippen LogP contribution in [-0.4, -0.2) is 21.6 Å². The monoisotopic (exact) mass is 222 g/mol. The lowest BCUT2D eigenvalue weighted by Crippen LogP contribution is -2.31. The molecule has 0 radical (unpaired) electrons. The molecule has 1 heterocycles.